The van der Waals surface area contributed by atoms with Crippen molar-refractivity contribution in [1.29, 1.82) is 0 Å². The van der Waals surface area contributed by atoms with Gasteiger partial charge in [0, 0.05) is 11.3 Å². The molecule has 2 aliphatic rings. The molecule has 6 nitrogen and oxygen atoms in total. The smallest absolute Gasteiger partial charge is 0.318 e. The van der Waals surface area contributed by atoms with Gasteiger partial charge in [0.05, 0.1) is 6.04 Å². The topological polar surface area (TPSA) is 79.5 Å². The van der Waals surface area contributed by atoms with Crippen molar-refractivity contribution in [3.63, 3.8) is 0 Å². The second-order valence-corrected chi connectivity index (χ2v) is 6.60. The number of aryl methyl sites for hydroxylation is 1. The maximum atomic E-state index is 13.1. The average Bonchev–Trinajstić information content (AvgIpc) is 2.55. The lowest BCUT2D eigenvalue weighted by Crippen LogP contribution is -2.70. The summed E-state index contributed by atoms with van der Waals surface area (Å²) in [4.78, 5) is 25.1. The first-order chi connectivity index (χ1) is 12.0. The van der Waals surface area contributed by atoms with Crippen molar-refractivity contribution in [3.8, 4) is 5.75 Å². The van der Waals surface area contributed by atoms with E-state index >= 15 is 0 Å². The second kappa shape index (κ2) is 5.51. The molecule has 3 N–H and O–H groups in total. The molecule has 2 aromatic carbocycles. The molecule has 4 rings (SSSR count). The van der Waals surface area contributed by atoms with Crippen LogP contribution in [0.15, 0.2) is 48.5 Å². The Kier molecular flexibility index (Phi) is 3.42. The number of benzene rings is 2. The molecule has 0 saturated carbocycles. The highest BCUT2D eigenvalue weighted by Crippen LogP contribution is 2.44. The summed E-state index contributed by atoms with van der Waals surface area (Å²) in [6, 6.07) is 14.2. The number of nitrogens with one attached hydrogen (secondary N) is 3. The highest BCUT2D eigenvalue weighted by molar-refractivity contribution is 5.96. The van der Waals surface area contributed by atoms with Crippen LogP contribution in [-0.4, -0.2) is 17.7 Å². The molecule has 0 spiro atoms. The molecule has 2 bridgehead atoms. The van der Waals surface area contributed by atoms with E-state index in [1.807, 2.05) is 55.5 Å². The Morgan fingerprint density at radius 3 is 2.68 bits per heavy atom. The van der Waals surface area contributed by atoms with Crippen LogP contribution < -0.4 is 20.7 Å². The number of para-hydroxylation sites is 2. The zero-order chi connectivity index (χ0) is 17.6. The first-order valence-corrected chi connectivity index (χ1v) is 8.21. The lowest BCUT2D eigenvalue weighted by molar-refractivity contribution is -0.133. The van der Waals surface area contributed by atoms with Gasteiger partial charge in [-0.2, -0.15) is 0 Å². The van der Waals surface area contributed by atoms with Crippen LogP contribution in [0.5, 0.6) is 5.75 Å². The number of carbonyl (C=O) groups is 2. The molecule has 3 atom stereocenters. The number of rotatable bonds is 2. The molecular weight excluding hydrogens is 318 g/mol. The van der Waals surface area contributed by atoms with Gasteiger partial charge < -0.3 is 15.4 Å². The van der Waals surface area contributed by atoms with Crippen molar-refractivity contribution >= 4 is 17.6 Å². The minimum Gasteiger partial charge on any atom is -0.467 e. The van der Waals surface area contributed by atoms with E-state index in [9.17, 15) is 9.59 Å². The molecule has 25 heavy (non-hydrogen) atoms. The van der Waals surface area contributed by atoms with Crippen molar-refractivity contribution in [1.82, 2.24) is 10.6 Å². The Hall–Kier alpha value is -3.02. The molecule has 2 heterocycles. The van der Waals surface area contributed by atoms with Gasteiger partial charge in [0.15, 0.2) is 5.72 Å². The summed E-state index contributed by atoms with van der Waals surface area (Å²) < 4.78 is 6.03. The molecule has 6 heteroatoms. The SMILES string of the molecule is Cc1ccccc1NC(=O)C1C2NC(=O)NC1(C)Oc1ccccc12. The Morgan fingerprint density at radius 1 is 1.16 bits per heavy atom. The van der Waals surface area contributed by atoms with Gasteiger partial charge in [-0.15, -0.1) is 0 Å². The second-order valence-electron chi connectivity index (χ2n) is 6.60. The normalized spacial score (nSPS) is 26.6. The number of hydrogen-bond acceptors (Lipinski definition) is 3. The lowest BCUT2D eigenvalue weighted by atomic mass is 9.80. The largest absolute Gasteiger partial charge is 0.467 e. The standard InChI is InChI=1S/C19H19N3O3/c1-11-7-3-5-9-13(11)20-17(23)15-16-12-8-4-6-10-14(12)25-19(15,2)22-18(24)21-16/h3-10,15-16H,1-2H3,(H,20,23)(H2,21,22,24). The predicted molar refractivity (Wildman–Crippen MR) is 93.2 cm³/mol. The van der Waals surface area contributed by atoms with Crippen molar-refractivity contribution < 1.29 is 14.3 Å². The van der Waals surface area contributed by atoms with Crippen molar-refractivity contribution in [2.75, 3.05) is 5.32 Å². The molecule has 2 aliphatic heterocycles. The first kappa shape index (κ1) is 15.5. The fourth-order valence-electron chi connectivity index (χ4n) is 3.61. The van der Waals surface area contributed by atoms with Crippen LogP contribution >= 0.6 is 0 Å². The molecule has 0 aromatic heterocycles. The minimum atomic E-state index is -1.12. The van der Waals surface area contributed by atoms with Crippen LogP contribution in [0.4, 0.5) is 10.5 Å². The number of ether oxygens (including phenoxy) is 1. The molecule has 3 amide bonds. The molecule has 0 radical (unpaired) electrons. The van der Waals surface area contributed by atoms with E-state index in [0.29, 0.717) is 5.75 Å². The van der Waals surface area contributed by atoms with Gasteiger partial charge in [0.25, 0.3) is 0 Å². The highest BCUT2D eigenvalue weighted by atomic mass is 16.5. The molecule has 128 valence electrons. The molecule has 3 unspecified atom stereocenters. The van der Waals surface area contributed by atoms with Crippen LogP contribution in [0.25, 0.3) is 0 Å². The van der Waals surface area contributed by atoms with E-state index < -0.39 is 17.7 Å². The van der Waals surface area contributed by atoms with Crippen LogP contribution in [0.3, 0.4) is 0 Å². The number of anilines is 1. The van der Waals surface area contributed by atoms with Crippen molar-refractivity contribution in [2.45, 2.75) is 25.6 Å². The molecule has 0 aliphatic carbocycles. The van der Waals surface area contributed by atoms with E-state index in [-0.39, 0.29) is 11.9 Å². The van der Waals surface area contributed by atoms with Crippen LogP contribution in [-0.2, 0) is 4.79 Å². The maximum absolute atomic E-state index is 13.1. The zero-order valence-corrected chi connectivity index (χ0v) is 14.0. The van der Waals surface area contributed by atoms with Crippen LogP contribution in [0.2, 0.25) is 0 Å². The summed E-state index contributed by atoms with van der Waals surface area (Å²) in [5, 5.41) is 8.60. The number of fused-ring (bicyclic) bond motifs is 4. The summed E-state index contributed by atoms with van der Waals surface area (Å²) in [5.74, 6) is -0.147. The third-order valence-corrected chi connectivity index (χ3v) is 4.84. The third-order valence-electron chi connectivity index (χ3n) is 4.84. The Morgan fingerprint density at radius 2 is 1.88 bits per heavy atom. The van der Waals surface area contributed by atoms with Gasteiger partial charge in [-0.3, -0.25) is 10.1 Å². The predicted octanol–water partition coefficient (Wildman–Crippen LogP) is 2.71. The van der Waals surface area contributed by atoms with E-state index in [0.717, 1.165) is 16.8 Å². The van der Waals surface area contributed by atoms with Gasteiger partial charge in [-0.05, 0) is 31.5 Å². The Bertz CT molecular complexity index is 866. The molecular formula is C19H19N3O3. The van der Waals surface area contributed by atoms with Gasteiger partial charge in [-0.25, -0.2) is 4.79 Å². The number of amides is 3. The maximum Gasteiger partial charge on any atom is 0.318 e. The Labute approximate surface area is 145 Å². The van der Waals surface area contributed by atoms with Crippen molar-refractivity contribution in [3.05, 3.63) is 59.7 Å². The minimum absolute atomic E-state index is 0.205. The van der Waals surface area contributed by atoms with Gasteiger partial charge in [-0.1, -0.05) is 36.4 Å². The van der Waals surface area contributed by atoms with E-state index in [4.69, 9.17) is 4.74 Å². The third kappa shape index (κ3) is 2.50. The van der Waals surface area contributed by atoms with E-state index in [2.05, 4.69) is 16.0 Å². The summed E-state index contributed by atoms with van der Waals surface area (Å²) in [6.07, 6.45) is 0. The summed E-state index contributed by atoms with van der Waals surface area (Å²) >= 11 is 0. The Balaban J connectivity index is 1.72. The summed E-state index contributed by atoms with van der Waals surface area (Å²) in [7, 11) is 0. The number of carbonyl (C=O) groups excluding carboxylic acids is 2. The van der Waals surface area contributed by atoms with Crippen molar-refractivity contribution in [2.24, 2.45) is 5.92 Å². The fraction of sp³-hybridized carbons (Fsp3) is 0.263. The van der Waals surface area contributed by atoms with E-state index in [1.54, 1.807) is 6.92 Å². The monoisotopic (exact) mass is 337 g/mol. The number of hydrogen-bond donors (Lipinski definition) is 3. The lowest BCUT2D eigenvalue weighted by Gasteiger charge is -2.49. The van der Waals surface area contributed by atoms with Crippen LogP contribution in [0, 0.1) is 12.8 Å². The average molecular weight is 337 g/mol. The fourth-order valence-corrected chi connectivity index (χ4v) is 3.61. The quantitative estimate of drug-likeness (QED) is 0.788. The number of urea groups is 1. The molecule has 2 aromatic rings. The summed E-state index contributed by atoms with van der Waals surface area (Å²) in [6.45, 7) is 3.67. The first-order valence-electron chi connectivity index (χ1n) is 8.21. The van der Waals surface area contributed by atoms with Gasteiger partial charge in [0.1, 0.15) is 11.7 Å². The molecule has 1 fully saturated rings. The summed E-state index contributed by atoms with van der Waals surface area (Å²) in [5.41, 5.74) is 1.41. The van der Waals surface area contributed by atoms with Gasteiger partial charge >= 0.3 is 6.03 Å². The molecule has 1 saturated heterocycles. The highest BCUT2D eigenvalue weighted by Gasteiger charge is 2.55. The van der Waals surface area contributed by atoms with E-state index in [1.165, 1.54) is 0 Å². The zero-order valence-electron chi connectivity index (χ0n) is 14.0. The van der Waals surface area contributed by atoms with Crippen LogP contribution in [0.1, 0.15) is 24.1 Å². The van der Waals surface area contributed by atoms with Gasteiger partial charge in [0.2, 0.25) is 5.91 Å².